The van der Waals surface area contributed by atoms with Crippen molar-refractivity contribution in [1.82, 2.24) is 0 Å². The standard InChI is InChI=1S/C20H16FNO3/c1-24-17-12-6-16(7-13-17)22-20(23)14-2-8-18(9-3-14)25-19-10-4-15(21)5-11-19/h2-13H,1H3,(H,22,23). The number of halogens is 1. The largest absolute Gasteiger partial charge is 0.497 e. The van der Waals surface area contributed by atoms with Crippen LogP contribution in [0, 0.1) is 5.82 Å². The minimum absolute atomic E-state index is 0.224. The highest BCUT2D eigenvalue weighted by Gasteiger charge is 2.07. The first kappa shape index (κ1) is 16.5. The van der Waals surface area contributed by atoms with E-state index >= 15 is 0 Å². The van der Waals surface area contributed by atoms with Crippen molar-refractivity contribution in [1.29, 1.82) is 0 Å². The SMILES string of the molecule is COc1ccc(NC(=O)c2ccc(Oc3ccc(F)cc3)cc2)cc1. The van der Waals surface area contributed by atoms with E-state index in [2.05, 4.69) is 5.32 Å². The number of amides is 1. The Labute approximate surface area is 144 Å². The molecule has 0 unspecified atom stereocenters. The van der Waals surface area contributed by atoms with Gasteiger partial charge in [-0.05, 0) is 72.8 Å². The fourth-order valence-corrected chi connectivity index (χ4v) is 2.19. The second kappa shape index (κ2) is 7.49. The molecular weight excluding hydrogens is 321 g/mol. The number of rotatable bonds is 5. The van der Waals surface area contributed by atoms with Gasteiger partial charge in [0.15, 0.2) is 0 Å². The van der Waals surface area contributed by atoms with Crippen LogP contribution in [0.3, 0.4) is 0 Å². The van der Waals surface area contributed by atoms with E-state index in [1.165, 1.54) is 12.1 Å². The Morgan fingerprint density at radius 1 is 0.800 bits per heavy atom. The molecule has 3 aromatic rings. The molecule has 0 heterocycles. The first-order valence-electron chi connectivity index (χ1n) is 7.63. The normalized spacial score (nSPS) is 10.2. The first-order chi connectivity index (χ1) is 12.1. The summed E-state index contributed by atoms with van der Waals surface area (Å²) in [6.45, 7) is 0. The molecule has 5 heteroatoms. The van der Waals surface area contributed by atoms with Crippen LogP contribution < -0.4 is 14.8 Å². The Kier molecular flexibility index (Phi) is 4.95. The van der Waals surface area contributed by atoms with Gasteiger partial charge in [0.05, 0.1) is 7.11 Å². The minimum atomic E-state index is -0.321. The lowest BCUT2D eigenvalue weighted by molar-refractivity contribution is 0.102. The summed E-state index contributed by atoms with van der Waals surface area (Å²) < 4.78 is 23.6. The van der Waals surface area contributed by atoms with E-state index < -0.39 is 0 Å². The lowest BCUT2D eigenvalue weighted by atomic mass is 10.2. The topological polar surface area (TPSA) is 47.6 Å². The molecule has 126 valence electrons. The van der Waals surface area contributed by atoms with E-state index in [0.29, 0.717) is 22.7 Å². The van der Waals surface area contributed by atoms with Crippen molar-refractivity contribution in [3.05, 3.63) is 84.2 Å². The number of benzene rings is 3. The third-order valence-corrected chi connectivity index (χ3v) is 3.51. The molecule has 0 aromatic heterocycles. The molecule has 0 saturated carbocycles. The third kappa shape index (κ3) is 4.35. The van der Waals surface area contributed by atoms with Crippen LogP contribution in [0.2, 0.25) is 0 Å². The Hall–Kier alpha value is -3.34. The first-order valence-corrected chi connectivity index (χ1v) is 7.63. The summed E-state index contributed by atoms with van der Waals surface area (Å²) in [5, 5.41) is 2.81. The maximum absolute atomic E-state index is 12.9. The minimum Gasteiger partial charge on any atom is -0.497 e. The van der Waals surface area contributed by atoms with Gasteiger partial charge in [0, 0.05) is 11.3 Å². The summed E-state index contributed by atoms with van der Waals surface area (Å²) in [6.07, 6.45) is 0. The van der Waals surface area contributed by atoms with E-state index in [9.17, 15) is 9.18 Å². The Balaban J connectivity index is 1.64. The van der Waals surface area contributed by atoms with Gasteiger partial charge in [-0.2, -0.15) is 0 Å². The Morgan fingerprint density at radius 2 is 1.32 bits per heavy atom. The average Bonchev–Trinajstić information content (AvgIpc) is 2.65. The lowest BCUT2D eigenvalue weighted by Gasteiger charge is -2.08. The van der Waals surface area contributed by atoms with Crippen LogP contribution in [0.25, 0.3) is 0 Å². The fourth-order valence-electron chi connectivity index (χ4n) is 2.19. The van der Waals surface area contributed by atoms with Crippen LogP contribution in [0.15, 0.2) is 72.8 Å². The highest BCUT2D eigenvalue weighted by atomic mass is 19.1. The van der Waals surface area contributed by atoms with Crippen LogP contribution in [-0.4, -0.2) is 13.0 Å². The predicted molar refractivity (Wildman–Crippen MR) is 93.9 cm³/mol. The molecule has 1 amide bonds. The summed E-state index contributed by atoms with van der Waals surface area (Å²) in [6, 6.07) is 19.5. The van der Waals surface area contributed by atoms with Crippen LogP contribution in [0.1, 0.15) is 10.4 Å². The highest BCUT2D eigenvalue weighted by Crippen LogP contribution is 2.22. The van der Waals surface area contributed by atoms with Gasteiger partial charge in [-0.1, -0.05) is 0 Å². The van der Waals surface area contributed by atoms with Gasteiger partial charge < -0.3 is 14.8 Å². The van der Waals surface area contributed by atoms with Gasteiger partial charge in [0.1, 0.15) is 23.1 Å². The smallest absolute Gasteiger partial charge is 0.255 e. The van der Waals surface area contributed by atoms with E-state index in [0.717, 1.165) is 5.75 Å². The van der Waals surface area contributed by atoms with Gasteiger partial charge in [-0.25, -0.2) is 4.39 Å². The van der Waals surface area contributed by atoms with Crippen molar-refractivity contribution < 1.29 is 18.7 Å². The molecule has 0 saturated heterocycles. The zero-order valence-corrected chi connectivity index (χ0v) is 13.5. The number of hydrogen-bond donors (Lipinski definition) is 1. The molecule has 0 aliphatic rings. The summed E-state index contributed by atoms with van der Waals surface area (Å²) >= 11 is 0. The van der Waals surface area contributed by atoms with Crippen LogP contribution in [-0.2, 0) is 0 Å². The number of methoxy groups -OCH3 is 1. The number of anilines is 1. The number of carbonyl (C=O) groups is 1. The highest BCUT2D eigenvalue weighted by molar-refractivity contribution is 6.04. The number of ether oxygens (including phenoxy) is 2. The number of hydrogen-bond acceptors (Lipinski definition) is 3. The molecule has 1 N–H and O–H groups in total. The quantitative estimate of drug-likeness (QED) is 0.722. The van der Waals surface area contributed by atoms with Crippen molar-refractivity contribution in [3.8, 4) is 17.2 Å². The van der Waals surface area contributed by atoms with E-state index in [1.807, 2.05) is 0 Å². The van der Waals surface area contributed by atoms with Crippen molar-refractivity contribution in [2.75, 3.05) is 12.4 Å². The molecule has 0 aliphatic heterocycles. The summed E-state index contributed by atoms with van der Waals surface area (Å²) in [4.78, 5) is 12.3. The number of carbonyl (C=O) groups excluding carboxylic acids is 1. The van der Waals surface area contributed by atoms with Gasteiger partial charge in [-0.15, -0.1) is 0 Å². The van der Waals surface area contributed by atoms with Gasteiger partial charge in [-0.3, -0.25) is 4.79 Å². The molecule has 0 spiro atoms. The molecule has 0 atom stereocenters. The van der Waals surface area contributed by atoms with Gasteiger partial charge in [0.2, 0.25) is 0 Å². The second-order valence-corrected chi connectivity index (χ2v) is 5.26. The van der Waals surface area contributed by atoms with Gasteiger partial charge >= 0.3 is 0 Å². The maximum Gasteiger partial charge on any atom is 0.255 e. The third-order valence-electron chi connectivity index (χ3n) is 3.51. The Morgan fingerprint density at radius 3 is 1.88 bits per heavy atom. The lowest BCUT2D eigenvalue weighted by Crippen LogP contribution is -2.11. The van der Waals surface area contributed by atoms with Crippen molar-refractivity contribution in [3.63, 3.8) is 0 Å². The van der Waals surface area contributed by atoms with E-state index in [1.54, 1.807) is 67.8 Å². The van der Waals surface area contributed by atoms with Crippen LogP contribution >= 0.6 is 0 Å². The average molecular weight is 337 g/mol. The molecule has 0 bridgehead atoms. The van der Waals surface area contributed by atoms with Crippen molar-refractivity contribution in [2.45, 2.75) is 0 Å². The molecule has 0 aliphatic carbocycles. The van der Waals surface area contributed by atoms with E-state index in [-0.39, 0.29) is 11.7 Å². The van der Waals surface area contributed by atoms with Gasteiger partial charge in [0.25, 0.3) is 5.91 Å². The fraction of sp³-hybridized carbons (Fsp3) is 0.0500. The number of nitrogens with one attached hydrogen (secondary N) is 1. The summed E-state index contributed by atoms with van der Waals surface area (Å²) in [5.74, 6) is 1.26. The van der Waals surface area contributed by atoms with Crippen molar-refractivity contribution in [2.24, 2.45) is 0 Å². The molecule has 3 aromatic carbocycles. The zero-order chi connectivity index (χ0) is 17.6. The molecule has 0 radical (unpaired) electrons. The second-order valence-electron chi connectivity index (χ2n) is 5.26. The predicted octanol–water partition coefficient (Wildman–Crippen LogP) is 4.88. The zero-order valence-electron chi connectivity index (χ0n) is 13.5. The van der Waals surface area contributed by atoms with Crippen LogP contribution in [0.4, 0.5) is 10.1 Å². The molecule has 25 heavy (non-hydrogen) atoms. The molecule has 4 nitrogen and oxygen atoms in total. The Bertz CT molecular complexity index is 844. The van der Waals surface area contributed by atoms with E-state index in [4.69, 9.17) is 9.47 Å². The maximum atomic E-state index is 12.9. The summed E-state index contributed by atoms with van der Waals surface area (Å²) in [5.41, 5.74) is 1.18. The molecular formula is C20H16FNO3. The molecule has 3 rings (SSSR count). The van der Waals surface area contributed by atoms with Crippen molar-refractivity contribution >= 4 is 11.6 Å². The summed E-state index contributed by atoms with van der Waals surface area (Å²) in [7, 11) is 1.59. The molecule has 0 fully saturated rings. The monoisotopic (exact) mass is 337 g/mol. The van der Waals surface area contributed by atoms with Crippen LogP contribution in [0.5, 0.6) is 17.2 Å².